The van der Waals surface area contributed by atoms with Crippen LogP contribution in [-0.2, 0) is 5.60 Å². The fraction of sp³-hybridized carbons (Fsp3) is 0.333. The molecule has 2 N–H and O–H groups in total. The summed E-state index contributed by atoms with van der Waals surface area (Å²) in [4.78, 5) is 1.29. The van der Waals surface area contributed by atoms with Gasteiger partial charge in [-0.05, 0) is 30.9 Å². The van der Waals surface area contributed by atoms with Gasteiger partial charge in [0.15, 0.2) is 0 Å². The monoisotopic (exact) mass is 261 g/mol. The van der Waals surface area contributed by atoms with Crippen molar-refractivity contribution < 1.29 is 5.11 Å². The number of rotatable bonds is 5. The number of benzene rings is 1. The Balaban J connectivity index is 1.97. The first kappa shape index (κ1) is 13.3. The van der Waals surface area contributed by atoms with Gasteiger partial charge in [0, 0.05) is 17.5 Å². The summed E-state index contributed by atoms with van der Waals surface area (Å²) in [6, 6.07) is 14.2. The fourth-order valence-electron chi connectivity index (χ4n) is 1.89. The molecule has 0 spiro atoms. The van der Waals surface area contributed by atoms with E-state index in [0.717, 1.165) is 5.56 Å². The lowest BCUT2D eigenvalue weighted by molar-refractivity contribution is 0.0545. The van der Waals surface area contributed by atoms with Crippen LogP contribution < -0.4 is 5.32 Å². The predicted octanol–water partition coefficient (Wildman–Crippen LogP) is 3.31. The Morgan fingerprint density at radius 2 is 1.94 bits per heavy atom. The van der Waals surface area contributed by atoms with Crippen molar-refractivity contribution in [2.24, 2.45) is 0 Å². The van der Waals surface area contributed by atoms with Gasteiger partial charge in [-0.1, -0.05) is 36.4 Å². The van der Waals surface area contributed by atoms with E-state index >= 15 is 0 Å². The van der Waals surface area contributed by atoms with Crippen LogP contribution in [0.5, 0.6) is 0 Å². The summed E-state index contributed by atoms with van der Waals surface area (Å²) in [6.07, 6.45) is 0. The van der Waals surface area contributed by atoms with Crippen LogP contribution in [0.1, 0.15) is 30.3 Å². The maximum atomic E-state index is 10.5. The predicted molar refractivity (Wildman–Crippen MR) is 76.7 cm³/mol. The molecule has 0 aliphatic carbocycles. The zero-order valence-corrected chi connectivity index (χ0v) is 11.6. The van der Waals surface area contributed by atoms with Gasteiger partial charge < -0.3 is 10.4 Å². The second kappa shape index (κ2) is 5.65. The number of thiophene rings is 1. The standard InChI is InChI=1S/C15H19NOS/c1-12(14-9-6-10-18-14)16-11-15(2,17)13-7-4-3-5-8-13/h3-10,12,16-17H,11H2,1-2H3. The third kappa shape index (κ3) is 3.19. The van der Waals surface area contributed by atoms with Crippen LogP contribution >= 0.6 is 11.3 Å². The number of aliphatic hydroxyl groups is 1. The third-order valence-corrected chi connectivity index (χ3v) is 4.17. The van der Waals surface area contributed by atoms with Gasteiger partial charge in [0.25, 0.3) is 0 Å². The van der Waals surface area contributed by atoms with Crippen molar-refractivity contribution in [3.05, 3.63) is 58.3 Å². The van der Waals surface area contributed by atoms with Gasteiger partial charge in [-0.3, -0.25) is 0 Å². The smallest absolute Gasteiger partial charge is 0.0992 e. The summed E-state index contributed by atoms with van der Waals surface area (Å²) >= 11 is 1.73. The second-order valence-corrected chi connectivity index (χ2v) is 5.74. The molecule has 0 fully saturated rings. The van der Waals surface area contributed by atoms with E-state index in [1.807, 2.05) is 43.3 Å². The molecule has 2 unspecified atom stereocenters. The summed E-state index contributed by atoms with van der Waals surface area (Å²) in [7, 11) is 0. The highest BCUT2D eigenvalue weighted by molar-refractivity contribution is 7.10. The van der Waals surface area contributed by atoms with Crippen LogP contribution in [0, 0.1) is 0 Å². The van der Waals surface area contributed by atoms with Crippen LogP contribution in [0.2, 0.25) is 0 Å². The van der Waals surface area contributed by atoms with Crippen LogP contribution in [0.15, 0.2) is 47.8 Å². The summed E-state index contributed by atoms with van der Waals surface area (Å²) in [6.45, 7) is 4.50. The molecule has 1 heterocycles. The van der Waals surface area contributed by atoms with Gasteiger partial charge >= 0.3 is 0 Å². The summed E-state index contributed by atoms with van der Waals surface area (Å²) in [5.74, 6) is 0. The molecule has 2 atom stereocenters. The Hall–Kier alpha value is -1.16. The van der Waals surface area contributed by atoms with Gasteiger partial charge in [0.1, 0.15) is 0 Å². The maximum absolute atomic E-state index is 10.5. The van der Waals surface area contributed by atoms with Gasteiger partial charge in [-0.25, -0.2) is 0 Å². The number of hydrogen-bond donors (Lipinski definition) is 2. The van der Waals surface area contributed by atoms with Crippen LogP contribution in [0.3, 0.4) is 0 Å². The van der Waals surface area contributed by atoms with E-state index in [9.17, 15) is 5.11 Å². The SMILES string of the molecule is CC(NCC(C)(O)c1ccccc1)c1cccs1. The van der Waals surface area contributed by atoms with Crippen molar-refractivity contribution in [3.8, 4) is 0 Å². The molecule has 0 radical (unpaired) electrons. The molecule has 0 aliphatic rings. The molecule has 1 aromatic heterocycles. The molecule has 0 saturated carbocycles. The molecular formula is C15H19NOS. The molecule has 1 aromatic carbocycles. The van der Waals surface area contributed by atoms with Gasteiger partial charge in [0.2, 0.25) is 0 Å². The van der Waals surface area contributed by atoms with Crippen LogP contribution in [0.25, 0.3) is 0 Å². The Kier molecular flexibility index (Phi) is 4.17. The lowest BCUT2D eigenvalue weighted by Crippen LogP contribution is -2.36. The summed E-state index contributed by atoms with van der Waals surface area (Å²) in [5.41, 5.74) is 0.100. The Labute approximate surface area is 112 Å². The Morgan fingerprint density at radius 3 is 2.56 bits per heavy atom. The average Bonchev–Trinajstić information content (AvgIpc) is 2.91. The molecule has 96 valence electrons. The quantitative estimate of drug-likeness (QED) is 0.865. The highest BCUT2D eigenvalue weighted by Gasteiger charge is 2.23. The lowest BCUT2D eigenvalue weighted by Gasteiger charge is -2.26. The number of hydrogen-bond acceptors (Lipinski definition) is 3. The van der Waals surface area contributed by atoms with Crippen molar-refractivity contribution >= 4 is 11.3 Å². The van der Waals surface area contributed by atoms with Crippen molar-refractivity contribution in [3.63, 3.8) is 0 Å². The maximum Gasteiger partial charge on any atom is 0.0992 e. The van der Waals surface area contributed by atoms with E-state index in [-0.39, 0.29) is 6.04 Å². The molecular weight excluding hydrogens is 242 g/mol. The van der Waals surface area contributed by atoms with E-state index in [1.165, 1.54) is 4.88 Å². The molecule has 0 aliphatic heterocycles. The minimum atomic E-state index is -0.840. The molecule has 0 bridgehead atoms. The first-order valence-corrected chi connectivity index (χ1v) is 7.02. The molecule has 0 amide bonds. The van der Waals surface area contributed by atoms with E-state index in [2.05, 4.69) is 23.7 Å². The van der Waals surface area contributed by atoms with E-state index in [1.54, 1.807) is 11.3 Å². The van der Waals surface area contributed by atoms with Crippen molar-refractivity contribution in [2.45, 2.75) is 25.5 Å². The molecule has 2 nitrogen and oxygen atoms in total. The second-order valence-electron chi connectivity index (χ2n) is 4.76. The zero-order valence-electron chi connectivity index (χ0n) is 10.8. The molecule has 3 heteroatoms. The molecule has 2 rings (SSSR count). The third-order valence-electron chi connectivity index (χ3n) is 3.12. The van der Waals surface area contributed by atoms with Crippen LogP contribution in [-0.4, -0.2) is 11.7 Å². The Morgan fingerprint density at radius 1 is 1.22 bits per heavy atom. The fourth-order valence-corrected chi connectivity index (χ4v) is 2.65. The zero-order chi connectivity index (χ0) is 13.0. The molecule has 2 aromatic rings. The van der Waals surface area contributed by atoms with Gasteiger partial charge in [-0.2, -0.15) is 0 Å². The van der Waals surface area contributed by atoms with E-state index < -0.39 is 5.60 Å². The van der Waals surface area contributed by atoms with E-state index in [0.29, 0.717) is 6.54 Å². The van der Waals surface area contributed by atoms with Gasteiger partial charge in [-0.15, -0.1) is 11.3 Å². The van der Waals surface area contributed by atoms with Crippen molar-refractivity contribution in [1.29, 1.82) is 0 Å². The van der Waals surface area contributed by atoms with Crippen molar-refractivity contribution in [1.82, 2.24) is 5.32 Å². The summed E-state index contributed by atoms with van der Waals surface area (Å²) < 4.78 is 0. The van der Waals surface area contributed by atoms with Crippen molar-refractivity contribution in [2.75, 3.05) is 6.54 Å². The minimum Gasteiger partial charge on any atom is -0.384 e. The Bertz CT molecular complexity index is 465. The minimum absolute atomic E-state index is 0.264. The molecule has 0 saturated heterocycles. The van der Waals surface area contributed by atoms with Crippen LogP contribution in [0.4, 0.5) is 0 Å². The topological polar surface area (TPSA) is 32.3 Å². The average molecular weight is 261 g/mol. The van der Waals surface area contributed by atoms with Gasteiger partial charge in [0.05, 0.1) is 5.60 Å². The molecule has 18 heavy (non-hydrogen) atoms. The first-order chi connectivity index (χ1) is 8.59. The normalized spacial score (nSPS) is 16.2. The largest absolute Gasteiger partial charge is 0.384 e. The highest BCUT2D eigenvalue weighted by atomic mass is 32.1. The van der Waals surface area contributed by atoms with E-state index in [4.69, 9.17) is 0 Å². The lowest BCUT2D eigenvalue weighted by atomic mass is 9.96. The summed E-state index contributed by atoms with van der Waals surface area (Å²) in [5, 5.41) is 15.9. The first-order valence-electron chi connectivity index (χ1n) is 6.14. The number of nitrogens with one attached hydrogen (secondary N) is 1. The highest BCUT2D eigenvalue weighted by Crippen LogP contribution is 2.22.